The van der Waals surface area contributed by atoms with Gasteiger partial charge in [0.25, 0.3) is 5.91 Å². The number of hydrogen-bond donors (Lipinski definition) is 1. The third-order valence-corrected chi connectivity index (χ3v) is 3.11. The van der Waals surface area contributed by atoms with Crippen LogP contribution >= 0.6 is 0 Å². The number of carbonyl (C=O) groups is 2. The number of benzene rings is 2. The van der Waals surface area contributed by atoms with Crippen LogP contribution in [-0.2, 0) is 26.9 Å². The van der Waals surface area contributed by atoms with Crippen LogP contribution in [0.25, 0.3) is 0 Å². The van der Waals surface area contributed by atoms with E-state index in [0.29, 0.717) is 5.56 Å². The second-order valence-electron chi connectivity index (χ2n) is 5.06. The number of rotatable bonds is 5. The van der Waals surface area contributed by atoms with Gasteiger partial charge in [-0.05, 0) is 29.8 Å². The Morgan fingerprint density at radius 3 is 2.44 bits per heavy atom. The topological polar surface area (TPSA) is 55.4 Å². The molecule has 0 heterocycles. The van der Waals surface area contributed by atoms with Gasteiger partial charge in [0, 0.05) is 0 Å². The fraction of sp³-hybridized carbons (Fsp3) is 0.176. The second-order valence-corrected chi connectivity index (χ2v) is 5.06. The van der Waals surface area contributed by atoms with Crippen LogP contribution in [0, 0.1) is 5.82 Å². The minimum Gasteiger partial charge on any atom is -0.455 e. The van der Waals surface area contributed by atoms with Crippen LogP contribution in [0.5, 0.6) is 0 Å². The van der Waals surface area contributed by atoms with Crippen LogP contribution in [0.4, 0.5) is 23.2 Å². The Morgan fingerprint density at radius 2 is 1.76 bits per heavy atom. The highest BCUT2D eigenvalue weighted by Crippen LogP contribution is 2.34. The molecule has 0 aromatic heterocycles. The van der Waals surface area contributed by atoms with Gasteiger partial charge in [-0.25, -0.2) is 4.39 Å². The molecule has 0 saturated carbocycles. The lowest BCUT2D eigenvalue weighted by Crippen LogP contribution is -2.23. The Bertz CT molecular complexity index is 774. The first kappa shape index (κ1) is 18.4. The first-order valence-electron chi connectivity index (χ1n) is 7.12. The zero-order valence-electron chi connectivity index (χ0n) is 12.8. The Morgan fingerprint density at radius 1 is 1.04 bits per heavy atom. The predicted molar refractivity (Wildman–Crippen MR) is 81.1 cm³/mol. The van der Waals surface area contributed by atoms with Crippen molar-refractivity contribution >= 4 is 17.6 Å². The van der Waals surface area contributed by atoms with E-state index in [1.807, 2.05) is 5.32 Å². The third kappa shape index (κ3) is 5.59. The molecule has 0 unspecified atom stereocenters. The average Bonchev–Trinajstić information content (AvgIpc) is 2.52. The Balaban J connectivity index is 1.90. The van der Waals surface area contributed by atoms with Crippen molar-refractivity contribution in [3.8, 4) is 0 Å². The molecule has 2 aromatic rings. The lowest BCUT2D eigenvalue weighted by Gasteiger charge is -2.13. The standard InChI is InChI=1S/C17H13F4NO3/c18-12-5-3-4-11(8-12)9-16(24)25-10-15(23)22-14-7-2-1-6-13(14)17(19,20)21/h1-8H,9-10H2,(H,22,23). The minimum atomic E-state index is -4.63. The number of esters is 1. The maximum absolute atomic E-state index is 13.0. The van der Waals surface area contributed by atoms with E-state index in [1.54, 1.807) is 0 Å². The quantitative estimate of drug-likeness (QED) is 0.659. The molecule has 0 saturated heterocycles. The van der Waals surface area contributed by atoms with Crippen LogP contribution in [0.1, 0.15) is 11.1 Å². The number of nitrogens with one attached hydrogen (secondary N) is 1. The van der Waals surface area contributed by atoms with Gasteiger partial charge in [-0.3, -0.25) is 9.59 Å². The summed E-state index contributed by atoms with van der Waals surface area (Å²) in [5.74, 6) is -2.24. The number of halogens is 4. The molecule has 1 amide bonds. The van der Waals surface area contributed by atoms with Gasteiger partial charge in [-0.15, -0.1) is 0 Å². The molecule has 8 heteroatoms. The second kappa shape index (κ2) is 7.78. The Labute approximate surface area is 140 Å². The van der Waals surface area contributed by atoms with Crippen LogP contribution in [0.15, 0.2) is 48.5 Å². The number of para-hydroxylation sites is 1. The molecule has 4 nitrogen and oxygen atoms in total. The Hall–Kier alpha value is -2.90. The summed E-state index contributed by atoms with van der Waals surface area (Å²) in [6.07, 6.45) is -4.89. The van der Waals surface area contributed by atoms with Gasteiger partial charge in [0.15, 0.2) is 6.61 Å². The van der Waals surface area contributed by atoms with E-state index in [4.69, 9.17) is 4.74 Å². The molecule has 0 fully saturated rings. The van der Waals surface area contributed by atoms with Gasteiger partial charge in [0.1, 0.15) is 5.82 Å². The zero-order chi connectivity index (χ0) is 18.4. The Kier molecular flexibility index (Phi) is 5.74. The number of carbonyl (C=O) groups excluding carboxylic acids is 2. The highest BCUT2D eigenvalue weighted by molar-refractivity contribution is 5.93. The first-order chi connectivity index (χ1) is 11.8. The molecule has 1 N–H and O–H groups in total. The monoisotopic (exact) mass is 355 g/mol. The average molecular weight is 355 g/mol. The van der Waals surface area contributed by atoms with Gasteiger partial charge in [0.05, 0.1) is 17.7 Å². The van der Waals surface area contributed by atoms with Crippen molar-refractivity contribution in [1.82, 2.24) is 0 Å². The molecule has 0 radical (unpaired) electrons. The minimum absolute atomic E-state index is 0.260. The van der Waals surface area contributed by atoms with Gasteiger partial charge >= 0.3 is 12.1 Å². The van der Waals surface area contributed by atoms with Crippen molar-refractivity contribution in [3.05, 3.63) is 65.5 Å². The molecule has 132 valence electrons. The highest BCUT2D eigenvalue weighted by Gasteiger charge is 2.33. The number of ether oxygens (including phenoxy) is 1. The fourth-order valence-electron chi connectivity index (χ4n) is 2.04. The molecule has 0 aliphatic rings. The smallest absolute Gasteiger partial charge is 0.418 e. The molecule has 0 aliphatic heterocycles. The van der Waals surface area contributed by atoms with E-state index in [2.05, 4.69) is 0 Å². The van der Waals surface area contributed by atoms with Gasteiger partial charge in [-0.1, -0.05) is 24.3 Å². The van der Waals surface area contributed by atoms with Gasteiger partial charge in [-0.2, -0.15) is 13.2 Å². The highest BCUT2D eigenvalue weighted by atomic mass is 19.4. The molecule has 0 bridgehead atoms. The van der Waals surface area contributed by atoms with Crippen molar-refractivity contribution in [1.29, 1.82) is 0 Å². The number of hydrogen-bond acceptors (Lipinski definition) is 3. The molecular weight excluding hydrogens is 342 g/mol. The lowest BCUT2D eigenvalue weighted by atomic mass is 10.1. The molecule has 2 aromatic carbocycles. The SMILES string of the molecule is O=C(COC(=O)Cc1cccc(F)c1)Nc1ccccc1C(F)(F)F. The van der Waals surface area contributed by atoms with Crippen LogP contribution in [0.3, 0.4) is 0 Å². The summed E-state index contributed by atoms with van der Waals surface area (Å²) in [7, 11) is 0. The van der Waals surface area contributed by atoms with Gasteiger partial charge in [0.2, 0.25) is 0 Å². The van der Waals surface area contributed by atoms with E-state index in [0.717, 1.165) is 18.2 Å². The number of amides is 1. The molecule has 0 atom stereocenters. The molecule has 0 spiro atoms. The summed E-state index contributed by atoms with van der Waals surface area (Å²) in [5, 5.41) is 2.05. The lowest BCUT2D eigenvalue weighted by molar-refractivity contribution is -0.146. The zero-order valence-corrected chi connectivity index (χ0v) is 12.8. The largest absolute Gasteiger partial charge is 0.455 e. The van der Waals surface area contributed by atoms with Crippen molar-refractivity contribution in [3.63, 3.8) is 0 Å². The molecule has 25 heavy (non-hydrogen) atoms. The van der Waals surface area contributed by atoms with E-state index in [9.17, 15) is 27.2 Å². The normalized spacial score (nSPS) is 11.0. The third-order valence-electron chi connectivity index (χ3n) is 3.11. The first-order valence-corrected chi connectivity index (χ1v) is 7.12. The summed E-state index contributed by atoms with van der Waals surface area (Å²) < 4.78 is 56.2. The fourth-order valence-corrected chi connectivity index (χ4v) is 2.04. The van der Waals surface area contributed by atoms with E-state index in [1.165, 1.54) is 30.3 Å². The maximum Gasteiger partial charge on any atom is 0.418 e. The van der Waals surface area contributed by atoms with E-state index >= 15 is 0 Å². The molecule has 2 rings (SSSR count). The molecule has 0 aliphatic carbocycles. The van der Waals surface area contributed by atoms with E-state index in [-0.39, 0.29) is 6.42 Å². The maximum atomic E-state index is 13.0. The number of alkyl halides is 3. The summed E-state index contributed by atoms with van der Waals surface area (Å²) in [6.45, 7) is -0.750. The van der Waals surface area contributed by atoms with Crippen LogP contribution in [0.2, 0.25) is 0 Å². The summed E-state index contributed by atoms with van der Waals surface area (Å²) in [5.41, 5.74) is -1.08. The van der Waals surface area contributed by atoms with E-state index < -0.39 is 41.7 Å². The van der Waals surface area contributed by atoms with Crippen molar-refractivity contribution in [2.24, 2.45) is 0 Å². The summed E-state index contributed by atoms with van der Waals surface area (Å²) >= 11 is 0. The summed E-state index contributed by atoms with van der Waals surface area (Å²) in [6, 6.07) is 9.71. The molecular formula is C17H13F4NO3. The van der Waals surface area contributed by atoms with Crippen LogP contribution in [-0.4, -0.2) is 18.5 Å². The van der Waals surface area contributed by atoms with Gasteiger partial charge < -0.3 is 10.1 Å². The van der Waals surface area contributed by atoms with Crippen LogP contribution < -0.4 is 5.32 Å². The predicted octanol–water partition coefficient (Wildman–Crippen LogP) is 3.57. The number of anilines is 1. The van der Waals surface area contributed by atoms with Crippen molar-refractivity contribution < 1.29 is 31.9 Å². The summed E-state index contributed by atoms with van der Waals surface area (Å²) in [4.78, 5) is 23.3. The van der Waals surface area contributed by atoms with Crippen molar-refractivity contribution in [2.45, 2.75) is 12.6 Å². The van der Waals surface area contributed by atoms with Crippen molar-refractivity contribution in [2.75, 3.05) is 11.9 Å².